The van der Waals surface area contributed by atoms with Gasteiger partial charge in [-0.05, 0) is 36.6 Å². The molecule has 3 rings (SSSR count). The lowest BCUT2D eigenvalue weighted by Crippen LogP contribution is -2.14. The van der Waals surface area contributed by atoms with Crippen LogP contribution in [0.1, 0.15) is 12.2 Å². The van der Waals surface area contributed by atoms with E-state index in [2.05, 4.69) is 15.5 Å². The lowest BCUT2D eigenvalue weighted by Gasteiger charge is -2.08. The molecule has 1 aliphatic rings. The fourth-order valence-electron chi connectivity index (χ4n) is 2.94. The maximum Gasteiger partial charge on any atom is 0.234 e. The van der Waals surface area contributed by atoms with Gasteiger partial charge in [-0.3, -0.25) is 4.79 Å². The summed E-state index contributed by atoms with van der Waals surface area (Å²) in [6.45, 7) is 0. The third-order valence-electron chi connectivity index (χ3n) is 4.43. The summed E-state index contributed by atoms with van der Waals surface area (Å²) in [5, 5.41) is 11.7. The number of thioether (sulfide) groups is 1. The smallest absolute Gasteiger partial charge is 0.234 e. The molecular weight excluding hydrogens is 388 g/mol. The van der Waals surface area contributed by atoms with Crippen LogP contribution in [0, 0.1) is 5.92 Å². The van der Waals surface area contributed by atoms with Gasteiger partial charge in [0.05, 0.1) is 24.4 Å². The average Bonchev–Trinajstić information content (AvgIpc) is 3.16. The van der Waals surface area contributed by atoms with Gasteiger partial charge in [-0.25, -0.2) is 8.42 Å². The number of ether oxygens (including phenoxy) is 1. The molecule has 0 spiro atoms. The molecule has 8 nitrogen and oxygen atoms in total. The highest BCUT2D eigenvalue weighted by molar-refractivity contribution is 7.99. The number of nitrogens with zero attached hydrogens (tertiary/aromatic N) is 3. The minimum absolute atomic E-state index is 0.0918. The Bertz CT molecular complexity index is 910. The third kappa shape index (κ3) is 5.23. The number of nitrogens with one attached hydrogen (secondary N) is 1. The molecule has 1 atom stereocenters. The van der Waals surface area contributed by atoms with Gasteiger partial charge in [0.1, 0.15) is 11.6 Å². The zero-order valence-electron chi connectivity index (χ0n) is 15.2. The van der Waals surface area contributed by atoms with Crippen LogP contribution >= 0.6 is 11.8 Å². The van der Waals surface area contributed by atoms with Crippen molar-refractivity contribution in [3.8, 4) is 5.75 Å². The second kappa shape index (κ2) is 8.30. The molecule has 1 saturated heterocycles. The quantitative estimate of drug-likeness (QED) is 0.691. The van der Waals surface area contributed by atoms with Gasteiger partial charge in [-0.1, -0.05) is 11.8 Å². The molecule has 0 aliphatic carbocycles. The predicted molar refractivity (Wildman–Crippen MR) is 104 cm³/mol. The monoisotopic (exact) mass is 410 g/mol. The van der Waals surface area contributed by atoms with Gasteiger partial charge in [0.25, 0.3) is 0 Å². The Labute approximate surface area is 162 Å². The first-order chi connectivity index (χ1) is 12.9. The first kappa shape index (κ1) is 19.7. The average molecular weight is 411 g/mol. The molecule has 1 aromatic carbocycles. The summed E-state index contributed by atoms with van der Waals surface area (Å²) in [6, 6.07) is 7.11. The number of carbonyl (C=O) groups is 1. The minimum atomic E-state index is -2.90. The number of hydrogen-bond acceptors (Lipinski definition) is 7. The molecule has 1 N–H and O–H groups in total. The van der Waals surface area contributed by atoms with E-state index < -0.39 is 9.84 Å². The van der Waals surface area contributed by atoms with Gasteiger partial charge in [-0.2, -0.15) is 0 Å². The number of rotatable bonds is 7. The normalized spacial score (nSPS) is 18.4. The molecule has 10 heteroatoms. The summed E-state index contributed by atoms with van der Waals surface area (Å²) < 4.78 is 30.1. The number of hydrogen-bond donors (Lipinski definition) is 1. The number of amides is 1. The second-order valence-corrected chi connectivity index (χ2v) is 9.67. The fourth-order valence-corrected chi connectivity index (χ4v) is 5.53. The van der Waals surface area contributed by atoms with Gasteiger partial charge < -0.3 is 14.6 Å². The standard InChI is InChI=1S/C17H22N4O4S2/c1-21-15(9-12-7-8-27(23,24)11-12)19-20-17(21)26-10-16(22)18-13-3-5-14(25-2)6-4-13/h3-6,12H,7-11H2,1-2H3,(H,18,22)/t12-/m1/s1. The summed E-state index contributed by atoms with van der Waals surface area (Å²) >= 11 is 1.29. The van der Waals surface area contributed by atoms with Crippen LogP contribution in [0.5, 0.6) is 5.75 Å². The zero-order valence-corrected chi connectivity index (χ0v) is 16.8. The van der Waals surface area contributed by atoms with E-state index in [0.717, 1.165) is 11.6 Å². The molecule has 0 bridgehead atoms. The lowest BCUT2D eigenvalue weighted by atomic mass is 10.1. The largest absolute Gasteiger partial charge is 0.497 e. The molecule has 0 radical (unpaired) electrons. The minimum Gasteiger partial charge on any atom is -0.497 e. The van der Waals surface area contributed by atoms with Crippen molar-refractivity contribution >= 4 is 33.2 Å². The summed E-state index contributed by atoms with van der Waals surface area (Å²) in [5.41, 5.74) is 0.697. The van der Waals surface area contributed by atoms with E-state index in [0.29, 0.717) is 23.7 Å². The Morgan fingerprint density at radius 3 is 2.70 bits per heavy atom. The highest BCUT2D eigenvalue weighted by atomic mass is 32.2. The van der Waals surface area contributed by atoms with Crippen molar-refractivity contribution in [1.29, 1.82) is 0 Å². The van der Waals surface area contributed by atoms with Crippen LogP contribution in [-0.2, 0) is 28.1 Å². The number of carbonyl (C=O) groups excluding carboxylic acids is 1. The van der Waals surface area contributed by atoms with Crippen LogP contribution in [0.15, 0.2) is 29.4 Å². The van der Waals surface area contributed by atoms with Gasteiger partial charge >= 0.3 is 0 Å². The van der Waals surface area contributed by atoms with Crippen LogP contribution < -0.4 is 10.1 Å². The van der Waals surface area contributed by atoms with Crippen LogP contribution in [0.3, 0.4) is 0 Å². The summed E-state index contributed by atoms with van der Waals surface area (Å²) in [5.74, 6) is 2.09. The van der Waals surface area contributed by atoms with E-state index in [4.69, 9.17) is 4.74 Å². The van der Waals surface area contributed by atoms with E-state index in [1.165, 1.54) is 11.8 Å². The molecule has 1 aliphatic heterocycles. The first-order valence-electron chi connectivity index (χ1n) is 8.51. The number of methoxy groups -OCH3 is 1. The van der Waals surface area contributed by atoms with E-state index in [1.807, 2.05) is 11.6 Å². The van der Waals surface area contributed by atoms with Gasteiger partial charge in [0.15, 0.2) is 15.0 Å². The van der Waals surface area contributed by atoms with Crippen LogP contribution in [-0.4, -0.2) is 53.5 Å². The van der Waals surface area contributed by atoms with E-state index >= 15 is 0 Å². The van der Waals surface area contributed by atoms with Gasteiger partial charge in [-0.15, -0.1) is 10.2 Å². The highest BCUT2D eigenvalue weighted by Crippen LogP contribution is 2.24. The Morgan fingerprint density at radius 1 is 1.33 bits per heavy atom. The van der Waals surface area contributed by atoms with Crippen LogP contribution in [0.2, 0.25) is 0 Å². The lowest BCUT2D eigenvalue weighted by molar-refractivity contribution is -0.113. The number of anilines is 1. The molecule has 0 unspecified atom stereocenters. The van der Waals surface area contributed by atoms with Crippen molar-refractivity contribution < 1.29 is 17.9 Å². The van der Waals surface area contributed by atoms with Crippen molar-refractivity contribution in [3.05, 3.63) is 30.1 Å². The molecule has 1 amide bonds. The Kier molecular flexibility index (Phi) is 6.05. The molecule has 27 heavy (non-hydrogen) atoms. The number of sulfone groups is 1. The Balaban J connectivity index is 1.52. The van der Waals surface area contributed by atoms with Gasteiger partial charge in [0.2, 0.25) is 5.91 Å². The molecule has 2 heterocycles. The summed E-state index contributed by atoms with van der Waals surface area (Å²) in [6.07, 6.45) is 1.25. The van der Waals surface area contributed by atoms with Gasteiger partial charge in [0, 0.05) is 19.2 Å². The fraction of sp³-hybridized carbons (Fsp3) is 0.471. The Morgan fingerprint density at radius 2 is 2.07 bits per heavy atom. The number of benzene rings is 1. The predicted octanol–water partition coefficient (Wildman–Crippen LogP) is 1.53. The van der Waals surface area contributed by atoms with Crippen molar-refractivity contribution in [2.75, 3.05) is 29.7 Å². The van der Waals surface area contributed by atoms with Crippen LogP contribution in [0.4, 0.5) is 5.69 Å². The third-order valence-corrected chi connectivity index (χ3v) is 7.29. The van der Waals surface area contributed by atoms with E-state index in [9.17, 15) is 13.2 Å². The van der Waals surface area contributed by atoms with E-state index in [1.54, 1.807) is 31.4 Å². The highest BCUT2D eigenvalue weighted by Gasteiger charge is 2.29. The van der Waals surface area contributed by atoms with Crippen LogP contribution in [0.25, 0.3) is 0 Å². The molecule has 146 valence electrons. The van der Waals surface area contributed by atoms with E-state index in [-0.39, 0.29) is 29.1 Å². The molecule has 1 aromatic heterocycles. The maximum atomic E-state index is 12.1. The van der Waals surface area contributed by atoms with Crippen molar-refractivity contribution in [2.45, 2.75) is 18.0 Å². The molecular formula is C17H22N4O4S2. The molecule has 1 fully saturated rings. The second-order valence-electron chi connectivity index (χ2n) is 6.50. The van der Waals surface area contributed by atoms with Crippen molar-refractivity contribution in [1.82, 2.24) is 14.8 Å². The zero-order chi connectivity index (χ0) is 19.4. The van der Waals surface area contributed by atoms with Crippen molar-refractivity contribution in [3.63, 3.8) is 0 Å². The topological polar surface area (TPSA) is 103 Å². The molecule has 0 saturated carbocycles. The first-order valence-corrected chi connectivity index (χ1v) is 11.3. The van der Waals surface area contributed by atoms with Crippen molar-refractivity contribution in [2.24, 2.45) is 13.0 Å². The number of aromatic nitrogens is 3. The summed E-state index contributed by atoms with van der Waals surface area (Å²) in [4.78, 5) is 12.1. The summed E-state index contributed by atoms with van der Waals surface area (Å²) in [7, 11) is 0.523. The maximum absolute atomic E-state index is 12.1. The SMILES string of the molecule is COc1ccc(NC(=O)CSc2nnc(C[C@H]3CCS(=O)(=O)C3)n2C)cc1. The Hall–Kier alpha value is -2.07. The molecule has 2 aromatic rings.